The number of halogens is 1. The summed E-state index contributed by atoms with van der Waals surface area (Å²) in [6.45, 7) is 6.99. The molecule has 1 atom stereocenters. The van der Waals surface area contributed by atoms with Crippen LogP contribution in [0.5, 0.6) is 5.75 Å². The van der Waals surface area contributed by atoms with E-state index >= 15 is 0 Å². The molecule has 1 aliphatic rings. The van der Waals surface area contributed by atoms with Crippen LogP contribution in [0.4, 0.5) is 0 Å². The lowest BCUT2D eigenvalue weighted by molar-refractivity contribution is 0.0714. The lowest BCUT2D eigenvalue weighted by atomic mass is 9.97. The van der Waals surface area contributed by atoms with Crippen LogP contribution < -0.4 is 10.2 Å². The summed E-state index contributed by atoms with van der Waals surface area (Å²) in [5, 5.41) is 1.05. The van der Waals surface area contributed by atoms with Gasteiger partial charge in [-0.2, -0.15) is 0 Å². The lowest BCUT2D eigenvalue weighted by Gasteiger charge is -2.25. The zero-order valence-electron chi connectivity index (χ0n) is 21.3. The number of rotatable bonds is 8. The average molecular weight is 516 g/mol. The van der Waals surface area contributed by atoms with Crippen LogP contribution in [-0.2, 0) is 6.54 Å². The number of carbonyl (C=O) groups is 1. The maximum Gasteiger partial charge on any atom is 0.291 e. The number of carbonyl (C=O) groups excluding carboxylic acids is 1. The number of unbranched alkanes of at least 4 members (excludes halogenated alkanes) is 2. The molecule has 1 amide bonds. The van der Waals surface area contributed by atoms with E-state index in [0.29, 0.717) is 28.2 Å². The van der Waals surface area contributed by atoms with Crippen molar-refractivity contribution in [3.05, 3.63) is 109 Å². The molecule has 3 aromatic carbocycles. The van der Waals surface area contributed by atoms with E-state index in [-0.39, 0.29) is 23.6 Å². The first-order chi connectivity index (χ1) is 17.9. The molecule has 1 aromatic heterocycles. The van der Waals surface area contributed by atoms with Gasteiger partial charge in [0.25, 0.3) is 5.91 Å². The number of nitrogens with zero attached hydrogens (tertiary/aromatic N) is 1. The quantitative estimate of drug-likeness (QED) is 0.230. The van der Waals surface area contributed by atoms with Gasteiger partial charge in [-0.25, -0.2) is 0 Å². The molecule has 0 aliphatic carbocycles. The maximum atomic E-state index is 13.9. The fourth-order valence-corrected chi connectivity index (χ4v) is 5.08. The maximum absolute atomic E-state index is 13.9. The van der Waals surface area contributed by atoms with Crippen LogP contribution in [0.2, 0.25) is 5.02 Å². The minimum Gasteiger partial charge on any atom is -0.494 e. The van der Waals surface area contributed by atoms with Crippen LogP contribution >= 0.6 is 11.6 Å². The van der Waals surface area contributed by atoms with Gasteiger partial charge in [0.15, 0.2) is 5.43 Å². The molecule has 0 fully saturated rings. The summed E-state index contributed by atoms with van der Waals surface area (Å²) in [6.07, 6.45) is 3.26. The highest BCUT2D eigenvalue weighted by molar-refractivity contribution is 6.31. The molecular formula is C31H30ClNO4. The largest absolute Gasteiger partial charge is 0.494 e. The van der Waals surface area contributed by atoms with Crippen LogP contribution in [0.15, 0.2) is 69.9 Å². The molecule has 0 radical (unpaired) electrons. The van der Waals surface area contributed by atoms with E-state index in [1.807, 2.05) is 68.4 Å². The summed E-state index contributed by atoms with van der Waals surface area (Å²) in [5.41, 5.74) is 4.22. The van der Waals surface area contributed by atoms with Crippen molar-refractivity contribution < 1.29 is 13.9 Å². The Morgan fingerprint density at radius 3 is 2.43 bits per heavy atom. The van der Waals surface area contributed by atoms with Crippen LogP contribution in [0.25, 0.3) is 11.0 Å². The SMILES string of the molecule is CCCCCOc1ccc(C2c3c(oc4cc(C)c(C)cc4c3=O)C(=O)N2Cc2ccccc2Cl)cc1. The second-order valence-electron chi connectivity index (χ2n) is 9.66. The number of aryl methyl sites for hydroxylation is 2. The van der Waals surface area contributed by atoms with Gasteiger partial charge in [-0.1, -0.05) is 61.7 Å². The molecule has 1 aliphatic heterocycles. The lowest BCUT2D eigenvalue weighted by Crippen LogP contribution is -2.29. The van der Waals surface area contributed by atoms with Crippen LogP contribution in [0.3, 0.4) is 0 Å². The smallest absolute Gasteiger partial charge is 0.291 e. The summed E-state index contributed by atoms with van der Waals surface area (Å²) >= 11 is 6.46. The number of hydrogen-bond donors (Lipinski definition) is 0. The summed E-state index contributed by atoms with van der Waals surface area (Å²) in [7, 11) is 0. The number of fused-ring (bicyclic) bond motifs is 2. The first-order valence-corrected chi connectivity index (χ1v) is 13.1. The summed E-state index contributed by atoms with van der Waals surface area (Å²) in [6, 6.07) is 18.1. The van der Waals surface area contributed by atoms with E-state index < -0.39 is 6.04 Å². The number of amides is 1. The Balaban J connectivity index is 1.60. The van der Waals surface area contributed by atoms with Gasteiger partial charge >= 0.3 is 0 Å². The third-order valence-corrected chi connectivity index (χ3v) is 7.46. The van der Waals surface area contributed by atoms with Crippen molar-refractivity contribution >= 4 is 28.5 Å². The van der Waals surface area contributed by atoms with E-state index in [1.165, 1.54) is 0 Å². The first kappa shape index (κ1) is 25.1. The normalized spacial score (nSPS) is 14.9. The Morgan fingerprint density at radius 2 is 1.70 bits per heavy atom. The fourth-order valence-electron chi connectivity index (χ4n) is 4.88. The molecule has 0 spiro atoms. The molecule has 1 unspecified atom stereocenters. The van der Waals surface area contributed by atoms with Crippen LogP contribution in [0.1, 0.15) is 70.6 Å². The van der Waals surface area contributed by atoms with Gasteiger partial charge in [-0.3, -0.25) is 9.59 Å². The predicted octanol–water partition coefficient (Wildman–Crippen LogP) is 7.38. The summed E-state index contributed by atoms with van der Waals surface area (Å²) < 4.78 is 12.0. The highest BCUT2D eigenvalue weighted by Gasteiger charge is 2.43. The molecule has 0 N–H and O–H groups in total. The van der Waals surface area contributed by atoms with Crippen molar-refractivity contribution in [2.75, 3.05) is 6.61 Å². The minimum absolute atomic E-state index is 0.0951. The van der Waals surface area contributed by atoms with Gasteiger partial charge in [0.2, 0.25) is 5.76 Å². The number of hydrogen-bond acceptors (Lipinski definition) is 4. The van der Waals surface area contributed by atoms with Gasteiger partial charge in [0, 0.05) is 11.6 Å². The van der Waals surface area contributed by atoms with Gasteiger partial charge < -0.3 is 14.1 Å². The van der Waals surface area contributed by atoms with Crippen molar-refractivity contribution in [3.63, 3.8) is 0 Å². The van der Waals surface area contributed by atoms with Crippen molar-refractivity contribution in [2.24, 2.45) is 0 Å². The highest BCUT2D eigenvalue weighted by atomic mass is 35.5. The van der Waals surface area contributed by atoms with E-state index in [2.05, 4.69) is 6.92 Å². The highest BCUT2D eigenvalue weighted by Crippen LogP contribution is 2.40. The van der Waals surface area contributed by atoms with E-state index in [1.54, 1.807) is 11.0 Å². The third kappa shape index (κ3) is 4.76. The van der Waals surface area contributed by atoms with Crippen LogP contribution in [-0.4, -0.2) is 17.4 Å². The second kappa shape index (κ2) is 10.4. The molecule has 0 saturated heterocycles. The topological polar surface area (TPSA) is 59.8 Å². The second-order valence-corrected chi connectivity index (χ2v) is 10.1. The molecule has 2 heterocycles. The summed E-state index contributed by atoms with van der Waals surface area (Å²) in [5.74, 6) is 0.536. The van der Waals surface area contributed by atoms with E-state index in [0.717, 1.165) is 47.3 Å². The number of ether oxygens (including phenoxy) is 1. The van der Waals surface area contributed by atoms with Crippen molar-refractivity contribution in [1.29, 1.82) is 0 Å². The Labute approximate surface area is 221 Å². The molecule has 0 bridgehead atoms. The van der Waals surface area contributed by atoms with Gasteiger partial charge in [-0.05, 0) is 72.9 Å². The Morgan fingerprint density at radius 1 is 0.973 bits per heavy atom. The Hall–Kier alpha value is -3.57. The minimum atomic E-state index is -0.602. The van der Waals surface area contributed by atoms with Crippen LogP contribution in [0, 0.1) is 13.8 Å². The molecule has 190 valence electrons. The Bertz CT molecular complexity index is 1520. The molecule has 37 heavy (non-hydrogen) atoms. The van der Waals surface area contributed by atoms with Crippen molar-refractivity contribution in [1.82, 2.24) is 4.90 Å². The Kier molecular flexibility index (Phi) is 7.07. The molecule has 0 saturated carbocycles. The number of benzene rings is 3. The summed E-state index contributed by atoms with van der Waals surface area (Å²) in [4.78, 5) is 29.3. The zero-order chi connectivity index (χ0) is 26.1. The van der Waals surface area contributed by atoms with E-state index in [9.17, 15) is 9.59 Å². The molecule has 4 aromatic rings. The molecular weight excluding hydrogens is 486 g/mol. The van der Waals surface area contributed by atoms with E-state index in [4.69, 9.17) is 20.8 Å². The average Bonchev–Trinajstić information content (AvgIpc) is 3.16. The zero-order valence-corrected chi connectivity index (χ0v) is 22.1. The predicted molar refractivity (Wildman–Crippen MR) is 147 cm³/mol. The third-order valence-electron chi connectivity index (χ3n) is 7.09. The van der Waals surface area contributed by atoms with Crippen molar-refractivity contribution in [3.8, 4) is 5.75 Å². The van der Waals surface area contributed by atoms with Gasteiger partial charge in [-0.15, -0.1) is 0 Å². The molecule has 5 nitrogen and oxygen atoms in total. The standard InChI is InChI=1S/C31H30ClNO4/c1-4-5-8-15-36-23-13-11-21(12-14-23)28-27-29(34)24-16-19(2)20(3)17-26(24)37-30(27)31(35)33(28)18-22-9-6-7-10-25(22)32/h6-7,9-14,16-17,28H,4-5,8,15,18H2,1-3H3. The fraction of sp³-hybridized carbons (Fsp3) is 0.290. The first-order valence-electron chi connectivity index (χ1n) is 12.7. The van der Waals surface area contributed by atoms with Gasteiger partial charge in [0.05, 0.1) is 23.6 Å². The monoisotopic (exact) mass is 515 g/mol. The molecule has 5 rings (SSSR count). The van der Waals surface area contributed by atoms with Gasteiger partial charge in [0.1, 0.15) is 11.3 Å². The molecule has 6 heteroatoms. The van der Waals surface area contributed by atoms with Crippen molar-refractivity contribution in [2.45, 2.75) is 52.6 Å².